The molecule has 0 amide bonds. The van der Waals surface area contributed by atoms with E-state index in [1.807, 2.05) is 0 Å². The lowest BCUT2D eigenvalue weighted by Gasteiger charge is -2.28. The third-order valence-corrected chi connectivity index (χ3v) is 2.71. The molecule has 1 aromatic rings. The van der Waals surface area contributed by atoms with Crippen molar-refractivity contribution in [3.05, 3.63) is 23.3 Å². The number of nitrogens with zero attached hydrogens (tertiary/aromatic N) is 2. The van der Waals surface area contributed by atoms with Crippen LogP contribution in [0.25, 0.3) is 0 Å². The molecule has 17 heavy (non-hydrogen) atoms. The standard InChI is InChI=1S/C10H18N4O3/c11-1-7-3-13-8(2-12)9(14-7)10(4-15,5-16)6-17/h3,15-17H,1-2,4-6,11-12H2. The first-order chi connectivity index (χ1) is 8.17. The fourth-order valence-corrected chi connectivity index (χ4v) is 1.50. The maximum Gasteiger partial charge on any atom is 0.0836 e. The summed E-state index contributed by atoms with van der Waals surface area (Å²) in [5.41, 5.74) is 11.0. The second-order valence-electron chi connectivity index (χ2n) is 3.82. The summed E-state index contributed by atoms with van der Waals surface area (Å²) in [6.45, 7) is -1.06. The van der Waals surface area contributed by atoms with E-state index in [1.165, 1.54) is 6.20 Å². The summed E-state index contributed by atoms with van der Waals surface area (Å²) >= 11 is 0. The van der Waals surface area contributed by atoms with Crippen LogP contribution >= 0.6 is 0 Å². The highest BCUT2D eigenvalue weighted by Crippen LogP contribution is 2.23. The normalized spacial score (nSPS) is 11.8. The van der Waals surface area contributed by atoms with Gasteiger partial charge in [0.25, 0.3) is 0 Å². The lowest BCUT2D eigenvalue weighted by molar-refractivity contribution is 0.0602. The van der Waals surface area contributed by atoms with Crippen LogP contribution in [-0.4, -0.2) is 45.1 Å². The number of aliphatic hydroxyl groups is 3. The maximum absolute atomic E-state index is 9.35. The van der Waals surface area contributed by atoms with Crippen molar-refractivity contribution < 1.29 is 15.3 Å². The van der Waals surface area contributed by atoms with Gasteiger partial charge in [-0.2, -0.15) is 0 Å². The molecule has 0 fully saturated rings. The molecule has 0 aliphatic rings. The van der Waals surface area contributed by atoms with E-state index in [4.69, 9.17) is 11.5 Å². The molecular weight excluding hydrogens is 224 g/mol. The molecule has 1 heterocycles. The van der Waals surface area contributed by atoms with Crippen LogP contribution in [0.2, 0.25) is 0 Å². The molecule has 0 aromatic carbocycles. The van der Waals surface area contributed by atoms with E-state index in [9.17, 15) is 15.3 Å². The molecule has 7 N–H and O–H groups in total. The van der Waals surface area contributed by atoms with Gasteiger partial charge in [-0.3, -0.25) is 9.97 Å². The van der Waals surface area contributed by atoms with E-state index < -0.39 is 25.2 Å². The maximum atomic E-state index is 9.35. The zero-order chi connectivity index (χ0) is 12.9. The molecule has 7 nitrogen and oxygen atoms in total. The number of nitrogens with two attached hydrogens (primary N) is 2. The van der Waals surface area contributed by atoms with Crippen molar-refractivity contribution in [2.45, 2.75) is 18.5 Å². The van der Waals surface area contributed by atoms with Crippen LogP contribution in [0.1, 0.15) is 17.1 Å². The summed E-state index contributed by atoms with van der Waals surface area (Å²) in [5, 5.41) is 28.1. The summed E-state index contributed by atoms with van der Waals surface area (Å²) in [4.78, 5) is 8.28. The van der Waals surface area contributed by atoms with E-state index in [1.54, 1.807) is 0 Å². The molecule has 0 radical (unpaired) electrons. The van der Waals surface area contributed by atoms with Crippen molar-refractivity contribution >= 4 is 0 Å². The number of aromatic nitrogens is 2. The Morgan fingerprint density at radius 1 is 1.06 bits per heavy atom. The van der Waals surface area contributed by atoms with Crippen molar-refractivity contribution in [2.75, 3.05) is 19.8 Å². The average molecular weight is 242 g/mol. The van der Waals surface area contributed by atoms with Gasteiger partial charge in [0, 0.05) is 13.1 Å². The highest BCUT2D eigenvalue weighted by Gasteiger charge is 2.34. The zero-order valence-electron chi connectivity index (χ0n) is 9.50. The lowest BCUT2D eigenvalue weighted by atomic mass is 9.85. The summed E-state index contributed by atoms with van der Waals surface area (Å²) in [5.74, 6) is 0. The Kier molecular flexibility index (Phi) is 4.91. The van der Waals surface area contributed by atoms with Crippen molar-refractivity contribution in [3.63, 3.8) is 0 Å². The first-order valence-electron chi connectivity index (χ1n) is 5.25. The molecule has 0 bridgehead atoms. The summed E-state index contributed by atoms with van der Waals surface area (Å²) < 4.78 is 0. The second-order valence-corrected chi connectivity index (χ2v) is 3.82. The van der Waals surface area contributed by atoms with Gasteiger partial charge >= 0.3 is 0 Å². The molecule has 96 valence electrons. The fraction of sp³-hybridized carbons (Fsp3) is 0.600. The van der Waals surface area contributed by atoms with Gasteiger partial charge in [-0.05, 0) is 0 Å². The van der Waals surface area contributed by atoms with Crippen molar-refractivity contribution in [3.8, 4) is 0 Å². The van der Waals surface area contributed by atoms with E-state index >= 15 is 0 Å². The Morgan fingerprint density at radius 2 is 1.65 bits per heavy atom. The zero-order valence-corrected chi connectivity index (χ0v) is 9.50. The predicted molar refractivity (Wildman–Crippen MR) is 60.8 cm³/mol. The third kappa shape index (κ3) is 2.59. The van der Waals surface area contributed by atoms with Gasteiger partial charge in [0.2, 0.25) is 0 Å². The van der Waals surface area contributed by atoms with Gasteiger partial charge in [-0.1, -0.05) is 0 Å². The molecular formula is C10H18N4O3. The highest BCUT2D eigenvalue weighted by atomic mass is 16.3. The third-order valence-electron chi connectivity index (χ3n) is 2.71. The minimum Gasteiger partial charge on any atom is -0.395 e. The molecule has 0 saturated carbocycles. The Bertz CT molecular complexity index is 360. The van der Waals surface area contributed by atoms with Crippen LogP contribution in [0.5, 0.6) is 0 Å². The van der Waals surface area contributed by atoms with E-state index in [2.05, 4.69) is 9.97 Å². The first-order valence-corrected chi connectivity index (χ1v) is 5.25. The second kappa shape index (κ2) is 5.99. The van der Waals surface area contributed by atoms with Gasteiger partial charge < -0.3 is 26.8 Å². The minimum absolute atomic E-state index is 0.106. The molecule has 0 aliphatic carbocycles. The Morgan fingerprint density at radius 3 is 2.06 bits per heavy atom. The van der Waals surface area contributed by atoms with E-state index in [0.717, 1.165) is 0 Å². The molecule has 1 aromatic heterocycles. The smallest absolute Gasteiger partial charge is 0.0836 e. The lowest BCUT2D eigenvalue weighted by Crippen LogP contribution is -2.41. The SMILES string of the molecule is NCc1cnc(CN)c(C(CO)(CO)CO)n1. The number of aliphatic hydroxyl groups excluding tert-OH is 3. The van der Waals surface area contributed by atoms with Gasteiger partial charge in [0.05, 0.1) is 48.5 Å². The number of hydrogen-bond donors (Lipinski definition) is 5. The van der Waals surface area contributed by atoms with Crippen LogP contribution in [0.15, 0.2) is 6.20 Å². The fourth-order valence-electron chi connectivity index (χ4n) is 1.50. The topological polar surface area (TPSA) is 139 Å². The summed E-state index contributed by atoms with van der Waals surface area (Å²) in [6.07, 6.45) is 1.49. The summed E-state index contributed by atoms with van der Waals surface area (Å²) in [7, 11) is 0. The predicted octanol–water partition coefficient (Wildman–Crippen LogP) is -2.39. The molecule has 1 rings (SSSR count). The van der Waals surface area contributed by atoms with E-state index in [-0.39, 0.29) is 13.1 Å². The van der Waals surface area contributed by atoms with Gasteiger partial charge in [-0.15, -0.1) is 0 Å². The van der Waals surface area contributed by atoms with Crippen molar-refractivity contribution in [1.82, 2.24) is 9.97 Å². The quantitative estimate of drug-likeness (QED) is 0.375. The minimum atomic E-state index is -1.24. The van der Waals surface area contributed by atoms with Crippen LogP contribution in [-0.2, 0) is 18.5 Å². The molecule has 0 aliphatic heterocycles. The number of rotatable bonds is 6. The molecule has 7 heteroatoms. The van der Waals surface area contributed by atoms with Gasteiger partial charge in [0.1, 0.15) is 0 Å². The number of hydrogen-bond acceptors (Lipinski definition) is 7. The molecule has 0 unspecified atom stereocenters. The first kappa shape index (κ1) is 13.9. The molecule has 0 spiro atoms. The van der Waals surface area contributed by atoms with Crippen molar-refractivity contribution in [1.29, 1.82) is 0 Å². The summed E-state index contributed by atoms with van der Waals surface area (Å²) in [6, 6.07) is 0. The van der Waals surface area contributed by atoms with Crippen LogP contribution < -0.4 is 11.5 Å². The van der Waals surface area contributed by atoms with Gasteiger partial charge in [0.15, 0.2) is 0 Å². The molecule has 0 atom stereocenters. The molecule has 0 saturated heterocycles. The van der Waals surface area contributed by atoms with Gasteiger partial charge in [-0.25, -0.2) is 0 Å². The Balaban J connectivity index is 3.33. The largest absolute Gasteiger partial charge is 0.395 e. The van der Waals surface area contributed by atoms with Crippen LogP contribution in [0, 0.1) is 0 Å². The Hall–Kier alpha value is -1.12. The van der Waals surface area contributed by atoms with E-state index in [0.29, 0.717) is 17.1 Å². The van der Waals surface area contributed by atoms with Crippen LogP contribution in [0.4, 0.5) is 0 Å². The Labute approximate surface area is 99.1 Å². The van der Waals surface area contributed by atoms with Crippen molar-refractivity contribution in [2.24, 2.45) is 11.5 Å². The monoisotopic (exact) mass is 242 g/mol. The highest BCUT2D eigenvalue weighted by molar-refractivity contribution is 5.25. The average Bonchev–Trinajstić information content (AvgIpc) is 2.41. The van der Waals surface area contributed by atoms with Crippen LogP contribution in [0.3, 0.4) is 0 Å².